The molecule has 0 heterocycles. The van der Waals surface area contributed by atoms with Crippen molar-refractivity contribution in [1.82, 2.24) is 0 Å². The smallest absolute Gasteiger partial charge is 0.303 e. The second kappa shape index (κ2) is 4.56. The second-order valence-electron chi connectivity index (χ2n) is 4.64. The third-order valence-corrected chi connectivity index (χ3v) is 3.41. The monoisotopic (exact) mass is 219 g/mol. The van der Waals surface area contributed by atoms with Gasteiger partial charge in [-0.3, -0.25) is 4.79 Å². The van der Waals surface area contributed by atoms with Crippen LogP contribution in [0.2, 0.25) is 0 Å². The summed E-state index contributed by atoms with van der Waals surface area (Å²) < 4.78 is 0. The number of aliphatic carboxylic acids is 1. The molecule has 0 bridgehead atoms. The molecule has 86 valence electrons. The number of carboxylic acid groups (broad SMARTS) is 1. The van der Waals surface area contributed by atoms with Crippen molar-refractivity contribution in [3.8, 4) is 0 Å². The Morgan fingerprint density at radius 3 is 2.62 bits per heavy atom. The predicted octanol–water partition coefficient (Wildman–Crippen LogP) is 2.63. The molecule has 2 rings (SSSR count). The fourth-order valence-electron chi connectivity index (χ4n) is 2.58. The molecule has 1 saturated carbocycles. The van der Waals surface area contributed by atoms with Crippen molar-refractivity contribution in [2.45, 2.75) is 31.6 Å². The minimum absolute atomic E-state index is 0.311. The maximum Gasteiger partial charge on any atom is 0.303 e. The van der Waals surface area contributed by atoms with Crippen molar-refractivity contribution >= 4 is 11.7 Å². The van der Waals surface area contributed by atoms with E-state index in [-0.39, 0.29) is 0 Å². The quantitative estimate of drug-likeness (QED) is 0.768. The van der Waals surface area contributed by atoms with Crippen LogP contribution in [0.1, 0.15) is 37.2 Å². The lowest BCUT2D eigenvalue weighted by Gasteiger charge is -2.10. The van der Waals surface area contributed by atoms with Crippen LogP contribution in [0.3, 0.4) is 0 Å². The number of rotatable bonds is 3. The fourth-order valence-corrected chi connectivity index (χ4v) is 2.58. The number of anilines is 1. The van der Waals surface area contributed by atoms with Gasteiger partial charge in [0.15, 0.2) is 0 Å². The van der Waals surface area contributed by atoms with Gasteiger partial charge >= 0.3 is 5.97 Å². The lowest BCUT2D eigenvalue weighted by atomic mass is 9.95. The number of carboxylic acids is 1. The number of nitrogen functional groups attached to an aromatic ring is 1. The van der Waals surface area contributed by atoms with E-state index >= 15 is 0 Å². The molecule has 1 aromatic carbocycles. The largest absolute Gasteiger partial charge is 0.481 e. The number of nitrogens with two attached hydrogens (primary N) is 1. The van der Waals surface area contributed by atoms with Crippen molar-refractivity contribution in [3.63, 3.8) is 0 Å². The Bertz CT molecular complexity index is 372. The highest BCUT2D eigenvalue weighted by molar-refractivity contribution is 5.67. The van der Waals surface area contributed by atoms with Crippen LogP contribution < -0.4 is 5.73 Å². The molecule has 0 saturated heterocycles. The van der Waals surface area contributed by atoms with Crippen LogP contribution in [0.15, 0.2) is 24.3 Å². The van der Waals surface area contributed by atoms with E-state index in [9.17, 15) is 4.79 Å². The van der Waals surface area contributed by atoms with Gasteiger partial charge in [0.05, 0.1) is 0 Å². The molecule has 1 aromatic rings. The number of benzene rings is 1. The first kappa shape index (κ1) is 11.0. The minimum atomic E-state index is -0.678. The van der Waals surface area contributed by atoms with Crippen LogP contribution in [0.5, 0.6) is 0 Å². The highest BCUT2D eigenvalue weighted by atomic mass is 16.4. The van der Waals surface area contributed by atoms with Gasteiger partial charge in [-0.25, -0.2) is 0 Å². The summed E-state index contributed by atoms with van der Waals surface area (Å²) in [7, 11) is 0. The van der Waals surface area contributed by atoms with E-state index in [0.29, 0.717) is 18.3 Å². The van der Waals surface area contributed by atoms with Crippen LogP contribution in [-0.4, -0.2) is 11.1 Å². The van der Waals surface area contributed by atoms with Crippen molar-refractivity contribution in [3.05, 3.63) is 29.8 Å². The molecular weight excluding hydrogens is 202 g/mol. The van der Waals surface area contributed by atoms with Gasteiger partial charge in [-0.1, -0.05) is 12.1 Å². The van der Waals surface area contributed by atoms with E-state index in [4.69, 9.17) is 10.8 Å². The Labute approximate surface area is 95.3 Å². The third-order valence-electron chi connectivity index (χ3n) is 3.41. The van der Waals surface area contributed by atoms with E-state index < -0.39 is 5.97 Å². The molecule has 0 aromatic heterocycles. The second-order valence-corrected chi connectivity index (χ2v) is 4.64. The molecule has 3 heteroatoms. The van der Waals surface area contributed by atoms with Crippen LogP contribution in [0, 0.1) is 5.92 Å². The van der Waals surface area contributed by atoms with Crippen LogP contribution >= 0.6 is 0 Å². The Hall–Kier alpha value is -1.51. The zero-order valence-electron chi connectivity index (χ0n) is 9.23. The zero-order valence-corrected chi connectivity index (χ0v) is 9.23. The molecule has 0 aliphatic heterocycles. The lowest BCUT2D eigenvalue weighted by molar-refractivity contribution is -0.138. The van der Waals surface area contributed by atoms with Gasteiger partial charge in [-0.2, -0.15) is 0 Å². The highest BCUT2D eigenvalue weighted by Crippen LogP contribution is 2.39. The Kier molecular flexibility index (Phi) is 3.13. The average Bonchev–Trinajstić information content (AvgIpc) is 2.66. The van der Waals surface area contributed by atoms with E-state index in [1.165, 1.54) is 5.56 Å². The SMILES string of the molecule is Nc1ccc([C@@H]2CCC(CC(=O)O)C2)cc1. The zero-order chi connectivity index (χ0) is 11.5. The maximum atomic E-state index is 10.6. The molecule has 3 nitrogen and oxygen atoms in total. The molecule has 1 unspecified atom stereocenters. The maximum absolute atomic E-state index is 10.6. The molecule has 16 heavy (non-hydrogen) atoms. The van der Waals surface area contributed by atoms with Crippen LogP contribution in [-0.2, 0) is 4.79 Å². The molecule has 1 aliphatic rings. The first-order valence-electron chi connectivity index (χ1n) is 5.72. The van der Waals surface area contributed by atoms with Gasteiger partial charge in [0.1, 0.15) is 0 Å². The van der Waals surface area contributed by atoms with E-state index in [0.717, 1.165) is 24.9 Å². The Balaban J connectivity index is 1.98. The molecule has 1 fully saturated rings. The highest BCUT2D eigenvalue weighted by Gasteiger charge is 2.27. The summed E-state index contributed by atoms with van der Waals surface area (Å²) in [4.78, 5) is 10.6. The molecule has 0 amide bonds. The summed E-state index contributed by atoms with van der Waals surface area (Å²) in [5, 5.41) is 8.75. The van der Waals surface area contributed by atoms with Gasteiger partial charge in [-0.05, 0) is 48.8 Å². The third kappa shape index (κ3) is 2.54. The first-order valence-corrected chi connectivity index (χ1v) is 5.72. The summed E-state index contributed by atoms with van der Waals surface area (Å²) in [5.74, 6) is 0.188. The van der Waals surface area contributed by atoms with Crippen molar-refractivity contribution in [2.75, 3.05) is 5.73 Å². The normalized spacial score (nSPS) is 24.5. The van der Waals surface area contributed by atoms with Gasteiger partial charge < -0.3 is 10.8 Å². The molecule has 0 spiro atoms. The standard InChI is InChI=1S/C13H17NO2/c14-12-5-3-10(4-6-12)11-2-1-9(7-11)8-13(15)16/h3-6,9,11H,1-2,7-8,14H2,(H,15,16)/t9?,11-/m1/s1. The van der Waals surface area contributed by atoms with Crippen molar-refractivity contribution in [2.24, 2.45) is 5.92 Å². The number of hydrogen-bond donors (Lipinski definition) is 2. The van der Waals surface area contributed by atoms with E-state index in [1.807, 2.05) is 12.1 Å². The molecule has 1 aliphatic carbocycles. The van der Waals surface area contributed by atoms with E-state index in [2.05, 4.69) is 12.1 Å². The Morgan fingerprint density at radius 1 is 1.31 bits per heavy atom. The van der Waals surface area contributed by atoms with E-state index in [1.54, 1.807) is 0 Å². The lowest BCUT2D eigenvalue weighted by Crippen LogP contribution is -2.04. The van der Waals surface area contributed by atoms with Crippen molar-refractivity contribution < 1.29 is 9.90 Å². The van der Waals surface area contributed by atoms with Gasteiger partial charge in [-0.15, -0.1) is 0 Å². The summed E-state index contributed by atoms with van der Waals surface area (Å²) in [5.41, 5.74) is 7.72. The summed E-state index contributed by atoms with van der Waals surface area (Å²) >= 11 is 0. The molecule has 3 N–H and O–H groups in total. The van der Waals surface area contributed by atoms with Crippen molar-refractivity contribution in [1.29, 1.82) is 0 Å². The van der Waals surface area contributed by atoms with Crippen LogP contribution in [0.25, 0.3) is 0 Å². The summed E-state index contributed by atoms with van der Waals surface area (Å²) in [6.07, 6.45) is 3.44. The minimum Gasteiger partial charge on any atom is -0.481 e. The van der Waals surface area contributed by atoms with Gasteiger partial charge in [0, 0.05) is 12.1 Å². The number of hydrogen-bond acceptors (Lipinski definition) is 2. The first-order chi connectivity index (χ1) is 7.65. The van der Waals surface area contributed by atoms with Gasteiger partial charge in [0.25, 0.3) is 0 Å². The fraction of sp³-hybridized carbons (Fsp3) is 0.462. The summed E-state index contributed by atoms with van der Waals surface area (Å²) in [6, 6.07) is 7.95. The predicted molar refractivity (Wildman–Crippen MR) is 63.2 cm³/mol. The van der Waals surface area contributed by atoms with Gasteiger partial charge in [0.2, 0.25) is 0 Å². The topological polar surface area (TPSA) is 63.3 Å². The number of carbonyl (C=O) groups is 1. The molecule has 0 radical (unpaired) electrons. The molecule has 2 atom stereocenters. The van der Waals surface area contributed by atoms with Crippen LogP contribution in [0.4, 0.5) is 5.69 Å². The Morgan fingerprint density at radius 2 is 2.00 bits per heavy atom. The average molecular weight is 219 g/mol. The molecular formula is C13H17NO2. The summed E-state index contributed by atoms with van der Waals surface area (Å²) in [6.45, 7) is 0.